The molecule has 0 bridgehead atoms. The van der Waals surface area contributed by atoms with Gasteiger partial charge in [-0.1, -0.05) is 12.1 Å². The molecule has 1 aliphatic heterocycles. The van der Waals surface area contributed by atoms with Crippen molar-refractivity contribution in [3.63, 3.8) is 0 Å². The van der Waals surface area contributed by atoms with Crippen LogP contribution in [0.1, 0.15) is 24.4 Å². The molecule has 1 aromatic carbocycles. The highest BCUT2D eigenvalue weighted by atomic mass is 35.5. The third kappa shape index (κ3) is 2.64. The van der Waals surface area contributed by atoms with Crippen LogP contribution >= 0.6 is 11.6 Å². The van der Waals surface area contributed by atoms with E-state index < -0.39 is 5.37 Å². The van der Waals surface area contributed by atoms with Crippen molar-refractivity contribution in [1.29, 1.82) is 0 Å². The van der Waals surface area contributed by atoms with E-state index in [1.807, 2.05) is 0 Å². The Bertz CT molecular complexity index is 446. The number of likely N-dealkylation sites (tertiary alicyclic amines) is 1. The van der Waals surface area contributed by atoms with Crippen molar-refractivity contribution >= 4 is 22.8 Å². The number of benzene rings is 1. The fourth-order valence-corrected chi connectivity index (χ4v) is 2.22. The molecule has 5 heteroatoms. The van der Waals surface area contributed by atoms with Gasteiger partial charge in [0, 0.05) is 19.4 Å². The summed E-state index contributed by atoms with van der Waals surface area (Å²) in [6.45, 7) is 0.323. The monoisotopic (exact) mass is 255 g/mol. The van der Waals surface area contributed by atoms with Crippen LogP contribution in [0.5, 0.6) is 0 Å². The third-order valence-corrected chi connectivity index (χ3v) is 3.13. The lowest BCUT2D eigenvalue weighted by molar-refractivity contribution is -0.122. The van der Waals surface area contributed by atoms with Crippen molar-refractivity contribution in [1.82, 2.24) is 4.90 Å². The lowest BCUT2D eigenvalue weighted by atomic mass is 9.95. The summed E-state index contributed by atoms with van der Waals surface area (Å²) >= 11 is 5.48. The highest BCUT2D eigenvalue weighted by Crippen LogP contribution is 2.30. The van der Waals surface area contributed by atoms with Gasteiger partial charge in [-0.3, -0.25) is 9.59 Å². The van der Waals surface area contributed by atoms with Gasteiger partial charge < -0.3 is 4.90 Å². The van der Waals surface area contributed by atoms with E-state index in [-0.39, 0.29) is 24.1 Å². The Kier molecular flexibility index (Phi) is 3.43. The van der Waals surface area contributed by atoms with Gasteiger partial charge in [-0.2, -0.15) is 0 Å². The average Bonchev–Trinajstić information content (AvgIpc) is 2.29. The summed E-state index contributed by atoms with van der Waals surface area (Å²) in [6.07, 6.45) is 0.570. The molecule has 0 spiro atoms. The number of halogens is 2. The molecule has 0 radical (unpaired) electrons. The van der Waals surface area contributed by atoms with E-state index in [1.165, 1.54) is 17.0 Å². The number of carbonyl (C=O) groups is 2. The average molecular weight is 256 g/mol. The zero-order valence-electron chi connectivity index (χ0n) is 9.03. The molecule has 3 nitrogen and oxygen atoms in total. The largest absolute Gasteiger partial charge is 0.321 e. The van der Waals surface area contributed by atoms with Crippen LogP contribution in [0.4, 0.5) is 9.18 Å². The first-order valence-corrected chi connectivity index (χ1v) is 5.69. The second kappa shape index (κ2) is 4.84. The summed E-state index contributed by atoms with van der Waals surface area (Å²) in [6, 6.07) is 5.40. The van der Waals surface area contributed by atoms with Crippen LogP contribution in [0.3, 0.4) is 0 Å². The van der Waals surface area contributed by atoms with E-state index in [0.717, 1.165) is 5.56 Å². The molecule has 1 fully saturated rings. The summed E-state index contributed by atoms with van der Waals surface area (Å²) < 4.78 is 12.8. The molecule has 1 amide bonds. The molecular formula is C12H11ClFNO2. The van der Waals surface area contributed by atoms with Gasteiger partial charge in [0.2, 0.25) is 0 Å². The van der Waals surface area contributed by atoms with Gasteiger partial charge in [0.15, 0.2) is 0 Å². The minimum Gasteiger partial charge on any atom is -0.321 e. The molecule has 1 saturated heterocycles. The number of hydrogen-bond donors (Lipinski definition) is 0. The molecule has 0 aromatic heterocycles. The number of piperidine rings is 1. The molecule has 17 heavy (non-hydrogen) atoms. The topological polar surface area (TPSA) is 37.4 Å². The van der Waals surface area contributed by atoms with Gasteiger partial charge in [0.05, 0.1) is 6.04 Å². The SMILES string of the molecule is O=C1CCN(C(=O)Cl)C(c2ccc(F)cc2)C1. The highest BCUT2D eigenvalue weighted by Gasteiger charge is 2.30. The predicted molar refractivity (Wildman–Crippen MR) is 61.3 cm³/mol. The first-order chi connectivity index (χ1) is 8.08. The minimum absolute atomic E-state index is 0.0912. The summed E-state index contributed by atoms with van der Waals surface area (Å²) in [5.74, 6) is -0.256. The number of rotatable bonds is 1. The van der Waals surface area contributed by atoms with E-state index in [4.69, 9.17) is 11.6 Å². The van der Waals surface area contributed by atoms with Crippen LogP contribution in [-0.2, 0) is 4.79 Å². The number of hydrogen-bond acceptors (Lipinski definition) is 2. The first-order valence-electron chi connectivity index (χ1n) is 5.31. The molecule has 1 aliphatic rings. The molecule has 0 N–H and O–H groups in total. The van der Waals surface area contributed by atoms with Crippen molar-refractivity contribution in [2.24, 2.45) is 0 Å². The number of Topliss-reactive ketones (excluding diaryl/α,β-unsaturated/α-hetero) is 1. The van der Waals surface area contributed by atoms with Crippen LogP contribution in [0.2, 0.25) is 0 Å². The molecule has 1 unspecified atom stereocenters. The molecule has 1 heterocycles. The van der Waals surface area contributed by atoms with Crippen LogP contribution in [0.15, 0.2) is 24.3 Å². The molecule has 0 saturated carbocycles. The van der Waals surface area contributed by atoms with Crippen molar-refractivity contribution < 1.29 is 14.0 Å². The lowest BCUT2D eigenvalue weighted by Crippen LogP contribution is -2.38. The normalized spacial score (nSPS) is 20.5. The second-order valence-electron chi connectivity index (χ2n) is 4.01. The molecule has 1 aromatic rings. The number of ketones is 1. The Labute approximate surface area is 103 Å². The molecular weight excluding hydrogens is 245 g/mol. The van der Waals surface area contributed by atoms with Gasteiger partial charge in [-0.25, -0.2) is 4.39 Å². The Hall–Kier alpha value is -1.42. The van der Waals surface area contributed by atoms with Crippen LogP contribution in [0, 0.1) is 5.82 Å². The quantitative estimate of drug-likeness (QED) is 0.572. The Balaban J connectivity index is 2.28. The van der Waals surface area contributed by atoms with Gasteiger partial charge in [-0.05, 0) is 29.3 Å². The Morgan fingerprint density at radius 3 is 2.59 bits per heavy atom. The lowest BCUT2D eigenvalue weighted by Gasteiger charge is -2.33. The van der Waals surface area contributed by atoms with E-state index in [2.05, 4.69) is 0 Å². The fraction of sp³-hybridized carbons (Fsp3) is 0.333. The van der Waals surface area contributed by atoms with Gasteiger partial charge in [-0.15, -0.1) is 0 Å². The van der Waals surface area contributed by atoms with Crippen molar-refractivity contribution in [2.45, 2.75) is 18.9 Å². The van der Waals surface area contributed by atoms with Gasteiger partial charge in [0.25, 0.3) is 0 Å². The molecule has 1 atom stereocenters. The first kappa shape index (κ1) is 12.0. The van der Waals surface area contributed by atoms with Gasteiger partial charge in [0.1, 0.15) is 11.6 Å². The number of nitrogens with zero attached hydrogens (tertiary/aromatic N) is 1. The zero-order valence-corrected chi connectivity index (χ0v) is 9.78. The molecule has 90 valence electrons. The summed E-state index contributed by atoms with van der Waals surface area (Å²) in [5.41, 5.74) is 0.730. The van der Waals surface area contributed by atoms with Crippen molar-refractivity contribution in [3.05, 3.63) is 35.6 Å². The molecule has 0 aliphatic carbocycles. The number of amides is 1. The van der Waals surface area contributed by atoms with E-state index in [9.17, 15) is 14.0 Å². The Morgan fingerprint density at radius 1 is 1.35 bits per heavy atom. The van der Waals surface area contributed by atoms with Crippen molar-refractivity contribution in [3.8, 4) is 0 Å². The van der Waals surface area contributed by atoms with Gasteiger partial charge >= 0.3 is 5.37 Å². The Morgan fingerprint density at radius 2 is 2.00 bits per heavy atom. The van der Waals surface area contributed by atoms with E-state index in [0.29, 0.717) is 13.0 Å². The summed E-state index contributed by atoms with van der Waals surface area (Å²) in [7, 11) is 0. The highest BCUT2D eigenvalue weighted by molar-refractivity contribution is 6.62. The third-order valence-electron chi connectivity index (χ3n) is 2.91. The summed E-state index contributed by atoms with van der Waals surface area (Å²) in [4.78, 5) is 24.1. The molecule has 2 rings (SSSR count). The van der Waals surface area contributed by atoms with Crippen molar-refractivity contribution in [2.75, 3.05) is 6.54 Å². The van der Waals surface area contributed by atoms with E-state index >= 15 is 0 Å². The standard InChI is InChI=1S/C12H11ClFNO2/c13-12(17)15-6-5-10(16)7-11(15)8-1-3-9(14)4-2-8/h1-4,11H,5-7H2. The minimum atomic E-state index is -0.577. The maximum atomic E-state index is 12.8. The zero-order chi connectivity index (χ0) is 12.4. The maximum absolute atomic E-state index is 12.8. The van der Waals surface area contributed by atoms with Crippen LogP contribution in [0.25, 0.3) is 0 Å². The summed E-state index contributed by atoms with van der Waals surface area (Å²) in [5, 5.41) is -0.577. The second-order valence-corrected chi connectivity index (χ2v) is 4.33. The fourth-order valence-electron chi connectivity index (χ4n) is 2.02. The maximum Gasteiger partial charge on any atom is 0.316 e. The number of carbonyl (C=O) groups excluding carboxylic acids is 2. The van der Waals surface area contributed by atoms with Crippen LogP contribution in [-0.4, -0.2) is 22.6 Å². The predicted octanol–water partition coefficient (Wildman–Crippen LogP) is 2.89. The van der Waals surface area contributed by atoms with E-state index in [1.54, 1.807) is 12.1 Å². The van der Waals surface area contributed by atoms with Crippen LogP contribution < -0.4 is 0 Å². The smallest absolute Gasteiger partial charge is 0.316 e.